The van der Waals surface area contributed by atoms with Gasteiger partial charge >= 0.3 is 7.82 Å². The van der Waals surface area contributed by atoms with Gasteiger partial charge in [0.1, 0.15) is 0 Å². The molecule has 0 aliphatic rings. The van der Waals surface area contributed by atoms with Crippen molar-refractivity contribution in [3.8, 4) is 0 Å². The van der Waals surface area contributed by atoms with Crippen molar-refractivity contribution in [1.82, 2.24) is 0 Å². The minimum absolute atomic E-state index is 0.242. The third kappa shape index (κ3) is 17.3. The van der Waals surface area contributed by atoms with Gasteiger partial charge in [0.15, 0.2) is 0 Å². The molecule has 0 saturated carbocycles. The number of phosphoric acid groups is 1. The molecule has 1 N–H and O–H groups in total. The van der Waals surface area contributed by atoms with Gasteiger partial charge in [-0.15, -0.1) is 0 Å². The molecule has 2 unspecified atom stereocenters. The van der Waals surface area contributed by atoms with Gasteiger partial charge in [0.05, 0.1) is 12.2 Å². The predicted octanol–water partition coefficient (Wildman–Crippen LogP) is 7.11. The van der Waals surface area contributed by atoms with Crippen molar-refractivity contribution in [2.45, 2.75) is 118 Å². The van der Waals surface area contributed by atoms with Crippen LogP contribution in [0.3, 0.4) is 0 Å². The fraction of sp³-hybridized carbons (Fsp3) is 1.00. The lowest BCUT2D eigenvalue weighted by atomic mass is 10.0. The lowest BCUT2D eigenvalue weighted by molar-refractivity contribution is 0.0781. The van der Waals surface area contributed by atoms with E-state index in [2.05, 4.69) is 27.7 Å². The quantitative estimate of drug-likeness (QED) is 0.230. The van der Waals surface area contributed by atoms with Crippen molar-refractivity contribution >= 4 is 7.82 Å². The van der Waals surface area contributed by atoms with Gasteiger partial charge in [-0.2, -0.15) is 0 Å². The highest BCUT2D eigenvalue weighted by molar-refractivity contribution is 7.47. The van der Waals surface area contributed by atoms with Crippen LogP contribution in [-0.2, 0) is 13.6 Å². The molecule has 152 valence electrons. The summed E-state index contributed by atoms with van der Waals surface area (Å²) < 4.78 is 22.7. The van der Waals surface area contributed by atoms with Crippen LogP contribution < -0.4 is 0 Å². The molecular weight excluding hydrogens is 335 g/mol. The maximum absolute atomic E-state index is 12.1. The molecule has 25 heavy (non-hydrogen) atoms. The second kappa shape index (κ2) is 14.2. The topological polar surface area (TPSA) is 55.8 Å². The van der Waals surface area contributed by atoms with Crippen LogP contribution in [0.5, 0.6) is 0 Å². The zero-order chi connectivity index (χ0) is 19.3. The Morgan fingerprint density at radius 2 is 0.960 bits per heavy atom. The van der Waals surface area contributed by atoms with Crippen molar-refractivity contribution in [3.05, 3.63) is 0 Å². The summed E-state index contributed by atoms with van der Waals surface area (Å²) in [4.78, 5) is 9.92. The van der Waals surface area contributed by atoms with Gasteiger partial charge < -0.3 is 4.89 Å². The SMILES string of the molecule is CC(C)CCCCCC(C)OP(=O)(O)OC(C)CCCCCC(C)C. The first-order valence-electron chi connectivity index (χ1n) is 10.3. The minimum Gasteiger partial charge on any atom is -0.302 e. The first kappa shape index (κ1) is 25.1. The van der Waals surface area contributed by atoms with E-state index in [1.54, 1.807) is 0 Å². The molecule has 0 spiro atoms. The summed E-state index contributed by atoms with van der Waals surface area (Å²) in [5, 5.41) is 0. The number of hydrogen-bond donors (Lipinski definition) is 1. The standard InChI is InChI=1S/C20H43O4P/c1-17(2)13-9-7-11-15-19(5)23-25(21,22)24-20(6)16-12-8-10-14-18(3)4/h17-20H,7-16H2,1-6H3,(H,21,22). The highest BCUT2D eigenvalue weighted by Crippen LogP contribution is 2.47. The average molecular weight is 379 g/mol. The Labute approximate surface area is 156 Å². The summed E-state index contributed by atoms with van der Waals surface area (Å²) in [5.74, 6) is 1.48. The van der Waals surface area contributed by atoms with E-state index in [4.69, 9.17) is 9.05 Å². The monoisotopic (exact) mass is 378 g/mol. The second-order valence-corrected chi connectivity index (χ2v) is 9.72. The largest absolute Gasteiger partial charge is 0.472 e. The van der Waals surface area contributed by atoms with Crippen LogP contribution in [0.2, 0.25) is 0 Å². The molecule has 0 fully saturated rings. The van der Waals surface area contributed by atoms with Crippen molar-refractivity contribution in [2.75, 3.05) is 0 Å². The summed E-state index contributed by atoms with van der Waals surface area (Å²) in [6.07, 6.45) is 10.4. The highest BCUT2D eigenvalue weighted by atomic mass is 31.2. The number of unbranched alkanes of at least 4 members (excludes halogenated alkanes) is 4. The van der Waals surface area contributed by atoms with E-state index < -0.39 is 7.82 Å². The van der Waals surface area contributed by atoms with E-state index in [0.29, 0.717) is 0 Å². The third-order valence-electron chi connectivity index (χ3n) is 4.41. The molecule has 5 heteroatoms. The van der Waals surface area contributed by atoms with Gasteiger partial charge in [0.25, 0.3) is 0 Å². The van der Waals surface area contributed by atoms with E-state index in [-0.39, 0.29) is 12.2 Å². The van der Waals surface area contributed by atoms with Crippen LogP contribution in [-0.4, -0.2) is 17.1 Å². The molecule has 0 heterocycles. The smallest absolute Gasteiger partial charge is 0.302 e. The molecule has 0 aliphatic carbocycles. The Morgan fingerprint density at radius 1 is 0.640 bits per heavy atom. The van der Waals surface area contributed by atoms with Crippen molar-refractivity contribution in [2.24, 2.45) is 11.8 Å². The van der Waals surface area contributed by atoms with E-state index in [1.165, 1.54) is 25.7 Å². The van der Waals surface area contributed by atoms with Gasteiger partial charge in [-0.1, -0.05) is 79.1 Å². The van der Waals surface area contributed by atoms with Crippen LogP contribution in [0.25, 0.3) is 0 Å². The van der Waals surface area contributed by atoms with Crippen molar-refractivity contribution in [1.29, 1.82) is 0 Å². The molecule has 0 bridgehead atoms. The second-order valence-electron chi connectivity index (χ2n) is 8.36. The summed E-state index contributed by atoms with van der Waals surface area (Å²) in [5.41, 5.74) is 0. The fourth-order valence-electron chi connectivity index (χ4n) is 2.91. The normalized spacial score (nSPS) is 17.0. The molecule has 0 aromatic heterocycles. The molecule has 0 aliphatic heterocycles. The third-order valence-corrected chi connectivity index (χ3v) is 5.66. The highest BCUT2D eigenvalue weighted by Gasteiger charge is 2.26. The number of hydrogen-bond acceptors (Lipinski definition) is 3. The average Bonchev–Trinajstić information content (AvgIpc) is 2.44. The summed E-state index contributed by atoms with van der Waals surface area (Å²) in [6.45, 7) is 12.6. The van der Waals surface area contributed by atoms with Crippen molar-refractivity contribution in [3.63, 3.8) is 0 Å². The van der Waals surface area contributed by atoms with Gasteiger partial charge in [-0.3, -0.25) is 9.05 Å². The first-order chi connectivity index (χ1) is 11.6. The van der Waals surface area contributed by atoms with E-state index in [1.807, 2.05) is 13.8 Å². The predicted molar refractivity (Wildman–Crippen MR) is 107 cm³/mol. The molecule has 0 amide bonds. The Hall–Kier alpha value is 0.110. The molecular formula is C20H43O4P. The van der Waals surface area contributed by atoms with Crippen LogP contribution >= 0.6 is 7.82 Å². The zero-order valence-corrected chi connectivity index (χ0v) is 18.4. The maximum atomic E-state index is 12.1. The minimum atomic E-state index is -3.95. The zero-order valence-electron chi connectivity index (χ0n) is 17.5. The van der Waals surface area contributed by atoms with E-state index in [0.717, 1.165) is 50.4 Å². The fourth-order valence-corrected chi connectivity index (χ4v) is 4.08. The molecule has 0 saturated heterocycles. The first-order valence-corrected chi connectivity index (χ1v) is 11.8. The van der Waals surface area contributed by atoms with Crippen molar-refractivity contribution < 1.29 is 18.5 Å². The Bertz CT molecular complexity index is 328. The van der Waals surface area contributed by atoms with Crippen LogP contribution in [0.4, 0.5) is 0 Å². The lowest BCUT2D eigenvalue weighted by Gasteiger charge is -2.21. The van der Waals surface area contributed by atoms with Crippen LogP contribution in [0.1, 0.15) is 106 Å². The molecule has 4 nitrogen and oxygen atoms in total. The van der Waals surface area contributed by atoms with Crippen LogP contribution in [0, 0.1) is 11.8 Å². The number of phosphoric ester groups is 1. The molecule has 2 atom stereocenters. The lowest BCUT2D eigenvalue weighted by Crippen LogP contribution is -2.12. The van der Waals surface area contributed by atoms with Crippen LogP contribution in [0.15, 0.2) is 0 Å². The summed E-state index contributed by atoms with van der Waals surface area (Å²) in [7, 11) is -3.95. The van der Waals surface area contributed by atoms with Gasteiger partial charge in [0.2, 0.25) is 0 Å². The van der Waals surface area contributed by atoms with Gasteiger partial charge in [-0.05, 0) is 38.5 Å². The Kier molecular flexibility index (Phi) is 14.3. The summed E-state index contributed by atoms with van der Waals surface area (Å²) in [6, 6.07) is 0. The van der Waals surface area contributed by atoms with Gasteiger partial charge in [0, 0.05) is 0 Å². The number of rotatable bonds is 16. The maximum Gasteiger partial charge on any atom is 0.472 e. The molecule has 0 radical (unpaired) electrons. The molecule has 0 rings (SSSR count). The summed E-state index contributed by atoms with van der Waals surface area (Å²) >= 11 is 0. The van der Waals surface area contributed by atoms with Gasteiger partial charge in [-0.25, -0.2) is 4.57 Å². The Morgan fingerprint density at radius 3 is 1.28 bits per heavy atom. The van der Waals surface area contributed by atoms with E-state index in [9.17, 15) is 9.46 Å². The molecule has 0 aromatic carbocycles. The molecule has 0 aromatic rings. The van der Waals surface area contributed by atoms with E-state index >= 15 is 0 Å². The Balaban J connectivity index is 3.84.